The van der Waals surface area contributed by atoms with Gasteiger partial charge in [-0.05, 0) is 18.1 Å². The molecule has 33 heavy (non-hydrogen) atoms. The van der Waals surface area contributed by atoms with Crippen molar-refractivity contribution in [3.05, 3.63) is 71.8 Å². The molecule has 0 spiro atoms. The first kappa shape index (κ1) is 22.5. The van der Waals surface area contributed by atoms with Gasteiger partial charge in [0.1, 0.15) is 19.3 Å². The Balaban J connectivity index is 1.42. The molecule has 1 N–H and O–H groups in total. The highest BCUT2D eigenvalue weighted by atomic mass is 16.6. The number of rotatable bonds is 7. The summed E-state index contributed by atoms with van der Waals surface area (Å²) >= 11 is 0. The first-order chi connectivity index (χ1) is 15.9. The van der Waals surface area contributed by atoms with Gasteiger partial charge < -0.3 is 19.5 Å². The number of aliphatic hydroxyl groups excluding tert-OH is 1. The lowest BCUT2D eigenvalue weighted by Crippen LogP contribution is -2.73. The van der Waals surface area contributed by atoms with Gasteiger partial charge in [-0.2, -0.15) is 0 Å². The van der Waals surface area contributed by atoms with Crippen LogP contribution in [0.3, 0.4) is 0 Å². The van der Waals surface area contributed by atoms with Gasteiger partial charge in [0, 0.05) is 0 Å². The predicted molar refractivity (Wildman–Crippen MR) is 114 cm³/mol. The Bertz CT molecular complexity index is 1040. The molecule has 1 unspecified atom stereocenters. The molecule has 172 valence electrons. The maximum atomic E-state index is 12.9. The zero-order valence-corrected chi connectivity index (χ0v) is 18.0. The summed E-state index contributed by atoms with van der Waals surface area (Å²) in [4.78, 5) is 52.6. The van der Waals surface area contributed by atoms with Gasteiger partial charge in [0.15, 0.2) is 11.8 Å². The first-order valence-electron chi connectivity index (χ1n) is 10.6. The highest BCUT2D eigenvalue weighted by Crippen LogP contribution is 2.36. The second-order valence-corrected chi connectivity index (χ2v) is 8.05. The molecule has 2 aliphatic heterocycles. The maximum absolute atomic E-state index is 12.9. The average Bonchev–Trinajstić information content (AvgIpc) is 3.13. The number of carbonyl (C=O) groups is 4. The number of hydrogen-bond acceptors (Lipinski definition) is 7. The normalized spacial score (nSPS) is 22.2. The Morgan fingerprint density at radius 3 is 2.06 bits per heavy atom. The summed E-state index contributed by atoms with van der Waals surface area (Å²) in [6.45, 7) is 1.00. The van der Waals surface area contributed by atoms with Gasteiger partial charge in [0.05, 0.1) is 18.7 Å². The zero-order chi connectivity index (χ0) is 23.5. The summed E-state index contributed by atoms with van der Waals surface area (Å²) in [6, 6.07) is 14.6. The van der Waals surface area contributed by atoms with E-state index in [1.54, 1.807) is 36.4 Å². The minimum Gasteiger partial charge on any atom is -0.459 e. The van der Waals surface area contributed by atoms with E-state index < -0.39 is 48.0 Å². The lowest BCUT2D eigenvalue weighted by Gasteiger charge is -2.47. The molecular formula is C24H24N2O7. The van der Waals surface area contributed by atoms with Crippen LogP contribution in [-0.2, 0) is 37.1 Å². The molecule has 9 nitrogen and oxygen atoms in total. The molecule has 9 heteroatoms. The summed E-state index contributed by atoms with van der Waals surface area (Å²) in [5, 5.41) is 10.5. The van der Waals surface area contributed by atoms with Crippen molar-refractivity contribution in [3.63, 3.8) is 0 Å². The van der Waals surface area contributed by atoms with Gasteiger partial charge >= 0.3 is 12.1 Å². The van der Waals surface area contributed by atoms with Crippen LogP contribution in [0.15, 0.2) is 60.7 Å². The SMILES string of the molecule is CC(=O)C(C(=O)OCc1ccccc1)N1C(=O)[C@@H]2[C@H]1[C@@H](O)CN2C(=O)OCc1ccccc1. The van der Waals surface area contributed by atoms with Crippen LogP contribution < -0.4 is 0 Å². The second kappa shape index (κ2) is 9.41. The van der Waals surface area contributed by atoms with Gasteiger partial charge in [-0.1, -0.05) is 60.7 Å². The number of likely N-dealkylation sites (tertiary alicyclic amines) is 2. The monoisotopic (exact) mass is 452 g/mol. The van der Waals surface area contributed by atoms with Crippen molar-refractivity contribution >= 4 is 23.8 Å². The van der Waals surface area contributed by atoms with E-state index in [9.17, 15) is 24.3 Å². The van der Waals surface area contributed by atoms with E-state index in [0.717, 1.165) is 20.9 Å². The van der Waals surface area contributed by atoms with Gasteiger partial charge in [-0.3, -0.25) is 14.5 Å². The molecule has 2 aromatic rings. The number of amides is 2. The van der Waals surface area contributed by atoms with Crippen molar-refractivity contribution in [2.75, 3.05) is 6.54 Å². The Hall–Kier alpha value is -3.72. The third kappa shape index (κ3) is 4.45. The number of ether oxygens (including phenoxy) is 2. The van der Waals surface area contributed by atoms with E-state index in [4.69, 9.17) is 9.47 Å². The van der Waals surface area contributed by atoms with Crippen LogP contribution in [0.4, 0.5) is 4.79 Å². The van der Waals surface area contributed by atoms with Crippen molar-refractivity contribution < 1.29 is 33.8 Å². The van der Waals surface area contributed by atoms with E-state index in [1.165, 1.54) is 6.92 Å². The van der Waals surface area contributed by atoms with Crippen LogP contribution in [0, 0.1) is 0 Å². The Kier molecular flexibility index (Phi) is 6.41. The van der Waals surface area contributed by atoms with Crippen molar-refractivity contribution in [1.82, 2.24) is 9.80 Å². The highest BCUT2D eigenvalue weighted by Gasteiger charge is 2.64. The molecule has 2 aliphatic rings. The van der Waals surface area contributed by atoms with Gasteiger partial charge in [-0.15, -0.1) is 0 Å². The van der Waals surface area contributed by atoms with Gasteiger partial charge in [0.25, 0.3) is 0 Å². The fourth-order valence-corrected chi connectivity index (χ4v) is 4.23. The summed E-state index contributed by atoms with van der Waals surface area (Å²) in [5.41, 5.74) is 1.51. The molecule has 2 aromatic carbocycles. The van der Waals surface area contributed by atoms with E-state index in [1.807, 2.05) is 24.3 Å². The first-order valence-corrected chi connectivity index (χ1v) is 10.6. The van der Waals surface area contributed by atoms with E-state index in [2.05, 4.69) is 0 Å². The third-order valence-electron chi connectivity index (χ3n) is 5.82. The number of fused-ring (bicyclic) bond motifs is 1. The molecule has 4 atom stereocenters. The van der Waals surface area contributed by atoms with Crippen molar-refractivity contribution in [1.29, 1.82) is 0 Å². The predicted octanol–water partition coefficient (Wildman–Crippen LogP) is 1.28. The molecule has 2 saturated heterocycles. The standard InChI is InChI=1S/C24H24N2O7/c1-15(27)19(23(30)32-13-16-8-4-2-5-9-16)26-20-18(28)12-25(21(20)22(26)29)24(31)33-14-17-10-6-3-7-11-17/h2-11,18-21,28H,12-14H2,1H3/t18-,19?,20+,21-/m0/s1. The second-order valence-electron chi connectivity index (χ2n) is 8.05. The number of β-amino-alcohol motifs (C(OH)–C–C–N with tert-alkyl or cyclic N) is 1. The van der Waals surface area contributed by atoms with E-state index in [0.29, 0.717) is 0 Å². The van der Waals surface area contributed by atoms with Gasteiger partial charge in [-0.25, -0.2) is 9.59 Å². The lowest BCUT2D eigenvalue weighted by molar-refractivity contribution is -0.175. The molecular weight excluding hydrogens is 428 g/mol. The number of carbonyl (C=O) groups excluding carboxylic acids is 4. The fourth-order valence-electron chi connectivity index (χ4n) is 4.23. The molecule has 2 amide bonds. The smallest absolute Gasteiger partial charge is 0.410 e. The number of benzene rings is 2. The lowest BCUT2D eigenvalue weighted by atomic mass is 9.90. The maximum Gasteiger partial charge on any atom is 0.410 e. The van der Waals surface area contributed by atoms with Crippen LogP contribution in [0.5, 0.6) is 0 Å². The highest BCUT2D eigenvalue weighted by molar-refractivity contribution is 6.08. The topological polar surface area (TPSA) is 113 Å². The summed E-state index contributed by atoms with van der Waals surface area (Å²) in [7, 11) is 0. The molecule has 2 fully saturated rings. The molecule has 4 rings (SSSR count). The quantitative estimate of drug-likeness (QED) is 0.382. The van der Waals surface area contributed by atoms with Crippen molar-refractivity contribution in [2.45, 2.75) is 44.4 Å². The summed E-state index contributed by atoms with van der Waals surface area (Å²) in [5.74, 6) is -2.07. The van der Waals surface area contributed by atoms with Crippen molar-refractivity contribution in [2.24, 2.45) is 0 Å². The molecule has 0 aromatic heterocycles. The van der Waals surface area contributed by atoms with Crippen LogP contribution in [0.25, 0.3) is 0 Å². The Morgan fingerprint density at radius 1 is 0.970 bits per heavy atom. The number of β-lactam (4-membered cyclic amide) rings is 1. The minimum atomic E-state index is -1.49. The molecule has 0 radical (unpaired) electrons. The number of hydrogen-bond donors (Lipinski definition) is 1. The number of ketones is 1. The van der Waals surface area contributed by atoms with Crippen LogP contribution in [-0.4, -0.2) is 69.4 Å². The summed E-state index contributed by atoms with van der Waals surface area (Å²) in [6.07, 6.45) is -1.87. The van der Waals surface area contributed by atoms with E-state index in [-0.39, 0.29) is 19.8 Å². The molecule has 0 aliphatic carbocycles. The molecule has 2 heterocycles. The molecule has 0 bridgehead atoms. The fraction of sp³-hybridized carbons (Fsp3) is 0.333. The van der Waals surface area contributed by atoms with Crippen LogP contribution in [0.1, 0.15) is 18.1 Å². The van der Waals surface area contributed by atoms with Crippen LogP contribution >= 0.6 is 0 Å². The number of Topliss-reactive ketones (excluding diaryl/α,β-unsaturated/α-hetero) is 1. The number of aliphatic hydroxyl groups is 1. The van der Waals surface area contributed by atoms with E-state index >= 15 is 0 Å². The largest absolute Gasteiger partial charge is 0.459 e. The van der Waals surface area contributed by atoms with Gasteiger partial charge in [0.2, 0.25) is 5.91 Å². The Labute approximate surface area is 190 Å². The zero-order valence-electron chi connectivity index (χ0n) is 18.0. The average molecular weight is 452 g/mol. The summed E-state index contributed by atoms with van der Waals surface area (Å²) < 4.78 is 10.5. The minimum absolute atomic E-state index is 0.0173. The molecule has 0 saturated carbocycles. The van der Waals surface area contributed by atoms with Crippen molar-refractivity contribution in [3.8, 4) is 0 Å². The number of nitrogens with zero attached hydrogens (tertiary/aromatic N) is 2. The number of esters is 1. The Morgan fingerprint density at radius 2 is 1.52 bits per heavy atom. The van der Waals surface area contributed by atoms with Crippen LogP contribution in [0.2, 0.25) is 0 Å². The third-order valence-corrected chi connectivity index (χ3v) is 5.82.